The maximum atomic E-state index is 13.5. The van der Waals surface area contributed by atoms with E-state index in [9.17, 15) is 9.59 Å². The van der Waals surface area contributed by atoms with Gasteiger partial charge in [0.15, 0.2) is 11.6 Å². The minimum Gasteiger partial charge on any atom is -1.00 e. The smallest absolute Gasteiger partial charge is 0.191 e. The number of rotatable bonds is 4. The van der Waals surface area contributed by atoms with Crippen molar-refractivity contribution in [2.45, 2.75) is 121 Å². The molecule has 3 aliphatic rings. The fourth-order valence-electron chi connectivity index (χ4n) is 5.42. The van der Waals surface area contributed by atoms with Gasteiger partial charge < -0.3 is 23.0 Å². The molecule has 1 radical (unpaired) electrons. The quantitative estimate of drug-likeness (QED) is 0.325. The molecule has 2 N–H and O–H groups in total. The molecule has 0 saturated heterocycles. The fourth-order valence-corrected chi connectivity index (χ4v) is 5.42. The van der Waals surface area contributed by atoms with Crippen molar-refractivity contribution in [2.75, 3.05) is 0 Å². The Morgan fingerprint density at radius 2 is 0.881 bits per heavy atom. The molecule has 3 rings (SSSR count). The first-order valence-corrected chi connectivity index (χ1v) is 15.1. The molecule has 0 aliphatic heterocycles. The van der Waals surface area contributed by atoms with Crippen LogP contribution in [0.1, 0.15) is 109 Å². The summed E-state index contributed by atoms with van der Waals surface area (Å²) in [7, 11) is 0. The zero-order valence-corrected chi connectivity index (χ0v) is 30.0. The predicted octanol–water partition coefficient (Wildman–Crippen LogP) is 5.30. The van der Waals surface area contributed by atoms with Crippen molar-refractivity contribution < 1.29 is 39.1 Å². The summed E-state index contributed by atoms with van der Waals surface area (Å²) in [5, 5.41) is 7.25. The van der Waals surface area contributed by atoms with Gasteiger partial charge in [-0.1, -0.05) is 108 Å². The van der Waals surface area contributed by atoms with Crippen molar-refractivity contribution in [3.8, 4) is 0 Å². The minimum atomic E-state index is -0.228. The van der Waals surface area contributed by atoms with Gasteiger partial charge in [0.25, 0.3) is 0 Å². The standard InChI is InChI=1S/C36H54N2O2.ClH.Mn/c1-33(2,3)25-17-23(31(39)27(19-25)35(7,8)9)21-37-29-15-13-14-16-30(29)38-22-24-18-26(34(4,5)6)20-28(32(24)40)36(10,11)12;;/h17-22,29-30,37-38H,13-16H2,1-12H3;1H;/p-1/t29-,30-;;/m1../s1. The van der Waals surface area contributed by atoms with E-state index in [1.165, 1.54) is 11.1 Å². The predicted molar refractivity (Wildman–Crippen MR) is 169 cm³/mol. The molecule has 0 aromatic heterocycles. The SMILES string of the molecule is CC(C)(C)C1=CC(=CN[C@@H]2CCCC[C@H]2NC=C2C=C(C(C)(C)C)C=C(C(C)(C)C)C2=O)C(=O)C(C(C)(C)C)=C1.[Cl-].[Mn]. The van der Waals surface area contributed by atoms with Crippen LogP contribution < -0.4 is 23.0 Å². The second kappa shape index (κ2) is 13.9. The summed E-state index contributed by atoms with van der Waals surface area (Å²) < 4.78 is 0. The van der Waals surface area contributed by atoms with Crippen molar-refractivity contribution in [2.24, 2.45) is 21.7 Å². The molecule has 0 heterocycles. The molecule has 1 saturated carbocycles. The molecule has 235 valence electrons. The minimum absolute atomic E-state index is 0. The second-order valence-corrected chi connectivity index (χ2v) is 16.0. The van der Waals surface area contributed by atoms with Crippen LogP contribution in [-0.2, 0) is 26.7 Å². The number of ketones is 2. The van der Waals surface area contributed by atoms with Gasteiger partial charge in [0.1, 0.15) is 0 Å². The van der Waals surface area contributed by atoms with Gasteiger partial charge in [0, 0.05) is 63.8 Å². The average Bonchev–Trinajstić information content (AvgIpc) is 2.80. The van der Waals surface area contributed by atoms with Crippen LogP contribution in [0.3, 0.4) is 0 Å². The van der Waals surface area contributed by atoms with E-state index >= 15 is 0 Å². The van der Waals surface area contributed by atoms with E-state index in [0.29, 0.717) is 0 Å². The Kier molecular flexibility index (Phi) is 12.6. The molecule has 2 atom stereocenters. The number of carbonyl (C=O) groups excluding carboxylic acids is 2. The van der Waals surface area contributed by atoms with E-state index in [2.05, 4.69) is 118 Å². The van der Waals surface area contributed by atoms with E-state index < -0.39 is 0 Å². The molecule has 4 nitrogen and oxygen atoms in total. The van der Waals surface area contributed by atoms with Crippen molar-refractivity contribution in [3.05, 3.63) is 70.1 Å². The summed E-state index contributed by atoms with van der Waals surface area (Å²) in [4.78, 5) is 27.0. The van der Waals surface area contributed by atoms with Crippen LogP contribution in [0, 0.1) is 21.7 Å². The van der Waals surface area contributed by atoms with Crippen molar-refractivity contribution in [3.63, 3.8) is 0 Å². The number of carbonyl (C=O) groups is 2. The Morgan fingerprint density at radius 3 is 1.14 bits per heavy atom. The van der Waals surface area contributed by atoms with Gasteiger partial charge >= 0.3 is 0 Å². The van der Waals surface area contributed by atoms with Crippen molar-refractivity contribution in [1.82, 2.24) is 10.6 Å². The maximum absolute atomic E-state index is 13.5. The number of allylic oxidation sites excluding steroid dienone is 10. The van der Waals surface area contributed by atoms with Crippen molar-refractivity contribution >= 4 is 11.6 Å². The topological polar surface area (TPSA) is 58.2 Å². The number of halogens is 1. The van der Waals surface area contributed by atoms with Crippen LogP contribution in [0.5, 0.6) is 0 Å². The summed E-state index contributed by atoms with van der Waals surface area (Å²) in [6, 6.07) is 0.340. The molecule has 0 unspecified atom stereocenters. The molecule has 1 fully saturated rings. The third-order valence-electron chi connectivity index (χ3n) is 8.26. The van der Waals surface area contributed by atoms with Gasteiger partial charge in [-0.05, 0) is 57.8 Å². The first-order chi connectivity index (χ1) is 18.2. The molecule has 6 heteroatoms. The maximum Gasteiger partial charge on any atom is 0.191 e. The number of Topliss-reactive ketones (excluding diaryl/α,β-unsaturated/α-hetero) is 2. The van der Waals surface area contributed by atoms with E-state index in [1.54, 1.807) is 0 Å². The molecule has 0 bridgehead atoms. The molecule has 0 spiro atoms. The van der Waals surface area contributed by atoms with Gasteiger partial charge in [0.05, 0.1) is 0 Å². The van der Waals surface area contributed by atoms with E-state index in [1.807, 2.05) is 12.4 Å². The molecular weight excluding hydrogens is 583 g/mol. The third-order valence-corrected chi connectivity index (χ3v) is 8.26. The number of hydrogen-bond acceptors (Lipinski definition) is 4. The van der Waals surface area contributed by atoms with E-state index in [0.717, 1.165) is 48.0 Å². The van der Waals surface area contributed by atoms with Gasteiger partial charge in [-0.2, -0.15) is 0 Å². The Labute approximate surface area is 273 Å². The normalized spacial score (nSPS) is 24.2. The van der Waals surface area contributed by atoms with Crippen molar-refractivity contribution in [1.29, 1.82) is 0 Å². The van der Waals surface area contributed by atoms with Gasteiger partial charge in [-0.15, -0.1) is 0 Å². The summed E-state index contributed by atoms with van der Waals surface area (Å²) >= 11 is 0. The summed E-state index contributed by atoms with van der Waals surface area (Å²) in [6.45, 7) is 25.8. The van der Waals surface area contributed by atoms with Crippen LogP contribution in [-0.4, -0.2) is 23.7 Å². The molecule has 0 amide bonds. The molecular formula is C36H54ClMnN2O2-. The van der Waals surface area contributed by atoms with Gasteiger partial charge in [0.2, 0.25) is 0 Å². The molecule has 0 aromatic carbocycles. The summed E-state index contributed by atoms with van der Waals surface area (Å²) in [6.07, 6.45) is 16.5. The zero-order valence-electron chi connectivity index (χ0n) is 28.0. The molecule has 42 heavy (non-hydrogen) atoms. The Balaban J connectivity index is 0.00000441. The Morgan fingerprint density at radius 1 is 0.571 bits per heavy atom. The average molecular weight is 637 g/mol. The van der Waals surface area contributed by atoms with Crippen LogP contribution >= 0.6 is 0 Å². The fraction of sp³-hybridized carbons (Fsp3) is 0.611. The first-order valence-electron chi connectivity index (χ1n) is 15.1. The number of nitrogens with one attached hydrogen (secondary N) is 2. The van der Waals surface area contributed by atoms with Gasteiger partial charge in [-0.25, -0.2) is 0 Å². The van der Waals surface area contributed by atoms with Crippen LogP contribution in [0.2, 0.25) is 0 Å². The number of hydrogen-bond donors (Lipinski definition) is 2. The second-order valence-electron chi connectivity index (χ2n) is 16.0. The van der Waals surface area contributed by atoms with Gasteiger partial charge in [-0.3, -0.25) is 9.59 Å². The van der Waals surface area contributed by atoms with E-state index in [4.69, 9.17) is 0 Å². The van der Waals surface area contributed by atoms with Crippen LogP contribution in [0.25, 0.3) is 0 Å². The zero-order chi connectivity index (χ0) is 30.3. The molecule has 0 aromatic rings. The monoisotopic (exact) mass is 636 g/mol. The third kappa shape index (κ3) is 9.34. The van der Waals surface area contributed by atoms with E-state index in [-0.39, 0.29) is 74.8 Å². The van der Waals surface area contributed by atoms with Crippen LogP contribution in [0.4, 0.5) is 0 Å². The summed E-state index contributed by atoms with van der Waals surface area (Å²) in [5.74, 6) is 0.203. The first kappa shape index (κ1) is 38.2. The Hall–Kier alpha value is -1.81. The summed E-state index contributed by atoms with van der Waals surface area (Å²) in [5.41, 5.74) is 4.95. The molecule has 3 aliphatic carbocycles. The Bertz CT molecular complexity index is 1120. The van der Waals surface area contributed by atoms with Crippen LogP contribution in [0.15, 0.2) is 70.1 Å². The largest absolute Gasteiger partial charge is 1.00 e.